The van der Waals surface area contributed by atoms with Crippen LogP contribution in [0.25, 0.3) is 11.1 Å². The first-order valence-electron chi connectivity index (χ1n) is 6.40. The fourth-order valence-corrected chi connectivity index (χ4v) is 2.31. The molecule has 1 aliphatic heterocycles. The van der Waals surface area contributed by atoms with Crippen LogP contribution in [0, 0.1) is 0 Å². The third-order valence-electron chi connectivity index (χ3n) is 3.42. The highest BCUT2D eigenvalue weighted by Gasteiger charge is 2.20. The molecule has 1 heterocycles. The highest BCUT2D eigenvalue weighted by Crippen LogP contribution is 2.27. The molecule has 0 aliphatic carbocycles. The normalized spacial score (nSPS) is 13.2. The van der Waals surface area contributed by atoms with Crippen molar-refractivity contribution in [1.29, 1.82) is 0 Å². The minimum absolute atomic E-state index is 0.0686. The lowest BCUT2D eigenvalue weighted by atomic mass is 9.96. The first-order valence-corrected chi connectivity index (χ1v) is 6.40. The second-order valence-corrected chi connectivity index (χ2v) is 4.73. The molecule has 0 saturated carbocycles. The monoisotopic (exact) mass is 298 g/mol. The SMILES string of the molecule is O=Cc1ccc(-c2ccc3c(c2)COOC3=O)cc1C(=O)O. The average molecular weight is 298 g/mol. The van der Waals surface area contributed by atoms with Crippen LogP contribution in [0.3, 0.4) is 0 Å². The number of aromatic carboxylic acids is 1. The maximum atomic E-state index is 11.5. The first kappa shape index (κ1) is 14.0. The molecule has 110 valence electrons. The van der Waals surface area contributed by atoms with E-state index in [-0.39, 0.29) is 17.7 Å². The van der Waals surface area contributed by atoms with E-state index in [9.17, 15) is 14.4 Å². The molecule has 0 unspecified atom stereocenters. The number of hydrogen-bond acceptors (Lipinski definition) is 5. The minimum Gasteiger partial charge on any atom is -0.478 e. The van der Waals surface area contributed by atoms with Crippen molar-refractivity contribution in [3.8, 4) is 11.1 Å². The number of fused-ring (bicyclic) bond motifs is 1. The summed E-state index contributed by atoms with van der Waals surface area (Å²) >= 11 is 0. The van der Waals surface area contributed by atoms with Gasteiger partial charge in [-0.2, -0.15) is 4.89 Å². The molecular weight excluding hydrogens is 288 g/mol. The summed E-state index contributed by atoms with van der Waals surface area (Å²) in [5.74, 6) is -1.73. The Bertz CT molecular complexity index is 793. The lowest BCUT2D eigenvalue weighted by Gasteiger charge is -2.15. The second-order valence-electron chi connectivity index (χ2n) is 4.73. The van der Waals surface area contributed by atoms with Gasteiger partial charge in [-0.15, -0.1) is 0 Å². The lowest BCUT2D eigenvalue weighted by Crippen LogP contribution is -2.15. The fraction of sp³-hybridized carbons (Fsp3) is 0.0625. The van der Waals surface area contributed by atoms with Gasteiger partial charge in [0, 0.05) is 5.56 Å². The average Bonchev–Trinajstić information content (AvgIpc) is 2.54. The Morgan fingerprint density at radius 3 is 2.59 bits per heavy atom. The third-order valence-corrected chi connectivity index (χ3v) is 3.42. The van der Waals surface area contributed by atoms with E-state index in [0.717, 1.165) is 5.56 Å². The van der Waals surface area contributed by atoms with Gasteiger partial charge in [-0.1, -0.05) is 18.2 Å². The number of aldehydes is 1. The molecule has 2 aromatic rings. The van der Waals surface area contributed by atoms with Gasteiger partial charge in [0.1, 0.15) is 6.61 Å². The molecule has 22 heavy (non-hydrogen) atoms. The quantitative estimate of drug-likeness (QED) is 0.691. The Balaban J connectivity index is 2.08. The predicted octanol–water partition coefficient (Wildman–Crippen LogP) is 2.47. The number of benzene rings is 2. The van der Waals surface area contributed by atoms with E-state index in [0.29, 0.717) is 23.0 Å². The zero-order chi connectivity index (χ0) is 15.7. The maximum absolute atomic E-state index is 11.5. The Hall–Kier alpha value is -2.99. The predicted molar refractivity (Wildman–Crippen MR) is 74.4 cm³/mol. The van der Waals surface area contributed by atoms with Crippen molar-refractivity contribution in [2.24, 2.45) is 0 Å². The highest BCUT2D eigenvalue weighted by atomic mass is 17.2. The van der Waals surface area contributed by atoms with Gasteiger partial charge in [0.05, 0.1) is 11.1 Å². The number of carboxylic acid groups (broad SMARTS) is 1. The van der Waals surface area contributed by atoms with Crippen LogP contribution in [0.4, 0.5) is 0 Å². The van der Waals surface area contributed by atoms with Gasteiger partial charge in [-0.3, -0.25) is 9.68 Å². The van der Waals surface area contributed by atoms with Crippen LogP contribution in [0.2, 0.25) is 0 Å². The van der Waals surface area contributed by atoms with Crippen LogP contribution in [-0.2, 0) is 16.4 Å². The minimum atomic E-state index is -1.17. The Morgan fingerprint density at radius 1 is 1.14 bits per heavy atom. The maximum Gasteiger partial charge on any atom is 0.373 e. The topological polar surface area (TPSA) is 89.9 Å². The largest absolute Gasteiger partial charge is 0.478 e. The second kappa shape index (κ2) is 5.42. The van der Waals surface area contributed by atoms with E-state index >= 15 is 0 Å². The summed E-state index contributed by atoms with van der Waals surface area (Å²) in [5.41, 5.74) is 2.46. The summed E-state index contributed by atoms with van der Waals surface area (Å²) in [6.07, 6.45) is 0.504. The number of hydrogen-bond donors (Lipinski definition) is 1. The van der Waals surface area contributed by atoms with Crippen LogP contribution in [-0.4, -0.2) is 23.3 Å². The molecule has 3 rings (SSSR count). The van der Waals surface area contributed by atoms with Crippen molar-refractivity contribution < 1.29 is 29.3 Å². The first-order chi connectivity index (χ1) is 10.6. The Morgan fingerprint density at radius 2 is 1.86 bits per heavy atom. The van der Waals surface area contributed by atoms with Crippen LogP contribution in [0.15, 0.2) is 36.4 Å². The van der Waals surface area contributed by atoms with Crippen LogP contribution >= 0.6 is 0 Å². The van der Waals surface area contributed by atoms with Gasteiger partial charge >= 0.3 is 11.9 Å². The van der Waals surface area contributed by atoms with Gasteiger partial charge in [0.2, 0.25) is 0 Å². The smallest absolute Gasteiger partial charge is 0.373 e. The number of carbonyl (C=O) groups is 3. The molecule has 0 bridgehead atoms. The van der Waals surface area contributed by atoms with E-state index in [1.54, 1.807) is 24.3 Å². The molecule has 0 amide bonds. The van der Waals surface area contributed by atoms with Gasteiger partial charge in [-0.25, -0.2) is 9.59 Å². The molecule has 0 saturated heterocycles. The molecule has 6 heteroatoms. The summed E-state index contributed by atoms with van der Waals surface area (Å²) in [5, 5.41) is 9.15. The van der Waals surface area contributed by atoms with Crippen LogP contribution in [0.5, 0.6) is 0 Å². The van der Waals surface area contributed by atoms with Gasteiger partial charge in [0.15, 0.2) is 6.29 Å². The highest BCUT2D eigenvalue weighted by molar-refractivity contribution is 5.98. The molecule has 0 aromatic heterocycles. The third kappa shape index (κ3) is 2.36. The fourth-order valence-electron chi connectivity index (χ4n) is 2.31. The molecule has 1 aliphatic rings. The summed E-state index contributed by atoms with van der Waals surface area (Å²) in [4.78, 5) is 42.8. The molecular formula is C16H10O6. The molecule has 0 radical (unpaired) electrons. The van der Waals surface area contributed by atoms with Crippen molar-refractivity contribution in [2.45, 2.75) is 6.61 Å². The van der Waals surface area contributed by atoms with Crippen LogP contribution in [0.1, 0.15) is 36.6 Å². The standard InChI is InChI=1S/C16H10O6/c17-7-11-2-1-10(6-14(11)15(18)19)9-3-4-13-12(5-9)8-21-22-16(13)20/h1-7H,8H2,(H,18,19). The molecule has 6 nitrogen and oxygen atoms in total. The zero-order valence-electron chi connectivity index (χ0n) is 11.2. The van der Waals surface area contributed by atoms with Crippen molar-refractivity contribution >= 4 is 18.2 Å². The molecule has 0 fully saturated rings. The summed E-state index contributed by atoms with van der Waals surface area (Å²) in [6.45, 7) is 0.132. The summed E-state index contributed by atoms with van der Waals surface area (Å²) in [6, 6.07) is 9.56. The van der Waals surface area contributed by atoms with Gasteiger partial charge in [0.25, 0.3) is 0 Å². The van der Waals surface area contributed by atoms with Gasteiger partial charge in [-0.05, 0) is 34.9 Å². The molecule has 0 atom stereocenters. The van der Waals surface area contributed by atoms with Crippen molar-refractivity contribution in [1.82, 2.24) is 0 Å². The summed E-state index contributed by atoms with van der Waals surface area (Å²) in [7, 11) is 0. The molecule has 2 aromatic carbocycles. The molecule has 1 N–H and O–H groups in total. The van der Waals surface area contributed by atoms with E-state index in [2.05, 4.69) is 4.89 Å². The van der Waals surface area contributed by atoms with Crippen molar-refractivity contribution in [3.05, 3.63) is 58.7 Å². The Labute approximate surface area is 124 Å². The van der Waals surface area contributed by atoms with E-state index in [1.807, 2.05) is 0 Å². The van der Waals surface area contributed by atoms with E-state index in [4.69, 9.17) is 9.99 Å². The van der Waals surface area contributed by atoms with E-state index < -0.39 is 11.9 Å². The van der Waals surface area contributed by atoms with Crippen LogP contribution < -0.4 is 0 Å². The number of carbonyl (C=O) groups excluding carboxylic acids is 2. The summed E-state index contributed by atoms with van der Waals surface area (Å²) < 4.78 is 0. The lowest BCUT2D eigenvalue weighted by molar-refractivity contribution is -0.256. The van der Waals surface area contributed by atoms with Crippen molar-refractivity contribution in [3.63, 3.8) is 0 Å². The zero-order valence-corrected chi connectivity index (χ0v) is 11.2. The Kier molecular flexibility index (Phi) is 3.44. The number of carboxylic acids is 1. The van der Waals surface area contributed by atoms with Crippen molar-refractivity contribution in [2.75, 3.05) is 0 Å². The van der Waals surface area contributed by atoms with E-state index in [1.165, 1.54) is 12.1 Å². The number of rotatable bonds is 3. The molecule has 0 spiro atoms. The van der Waals surface area contributed by atoms with Gasteiger partial charge < -0.3 is 5.11 Å².